The third kappa shape index (κ3) is 3.05. The molecule has 1 aliphatic rings. The third-order valence-corrected chi connectivity index (χ3v) is 3.74. The van der Waals surface area contributed by atoms with Crippen molar-refractivity contribution in [3.05, 3.63) is 66.0 Å². The molecular formula is C17H18N2O. The van der Waals surface area contributed by atoms with Gasteiger partial charge < -0.3 is 4.90 Å². The molecule has 2 heterocycles. The molecule has 3 rings (SSSR count). The lowest BCUT2D eigenvalue weighted by molar-refractivity contribution is -0.128. The number of pyridine rings is 1. The van der Waals surface area contributed by atoms with E-state index < -0.39 is 0 Å². The molecule has 0 bridgehead atoms. The average Bonchev–Trinajstić information content (AvgIpc) is 2.81. The molecule has 0 radical (unpaired) electrons. The van der Waals surface area contributed by atoms with Crippen molar-refractivity contribution in [1.82, 2.24) is 9.88 Å². The highest BCUT2D eigenvalue weighted by atomic mass is 16.2. The second-order valence-electron chi connectivity index (χ2n) is 5.36. The number of carbonyl (C=O) groups excluding carboxylic acids is 1. The Morgan fingerprint density at radius 1 is 1.10 bits per heavy atom. The summed E-state index contributed by atoms with van der Waals surface area (Å²) in [6.45, 7) is 1.47. The first-order chi connectivity index (χ1) is 9.81. The standard InChI is InChI=1S/C17H18N2O/c20-17-11-15(10-14-6-2-1-3-7-14)12-19(17)13-16-8-4-5-9-18-16/h1-9,15H,10-13H2/t15-/m0/s1. The van der Waals surface area contributed by atoms with E-state index in [0.717, 1.165) is 18.7 Å². The SMILES string of the molecule is O=C1C[C@H](Cc2ccccc2)CN1Cc1ccccn1. The van der Waals surface area contributed by atoms with Crippen molar-refractivity contribution in [2.45, 2.75) is 19.4 Å². The van der Waals surface area contributed by atoms with E-state index in [2.05, 4.69) is 29.2 Å². The molecule has 1 aliphatic heterocycles. The van der Waals surface area contributed by atoms with Crippen LogP contribution in [-0.2, 0) is 17.8 Å². The van der Waals surface area contributed by atoms with E-state index in [1.807, 2.05) is 29.2 Å². The summed E-state index contributed by atoms with van der Waals surface area (Å²) in [4.78, 5) is 18.3. The Balaban J connectivity index is 1.61. The van der Waals surface area contributed by atoms with Crippen molar-refractivity contribution in [2.75, 3.05) is 6.54 Å². The van der Waals surface area contributed by atoms with E-state index in [0.29, 0.717) is 18.9 Å². The summed E-state index contributed by atoms with van der Waals surface area (Å²) < 4.78 is 0. The Hall–Kier alpha value is -2.16. The molecule has 20 heavy (non-hydrogen) atoms. The van der Waals surface area contributed by atoms with Crippen molar-refractivity contribution in [2.24, 2.45) is 5.92 Å². The molecule has 1 aromatic carbocycles. The van der Waals surface area contributed by atoms with Gasteiger partial charge in [0, 0.05) is 19.2 Å². The number of amides is 1. The number of nitrogens with zero attached hydrogens (tertiary/aromatic N) is 2. The van der Waals surface area contributed by atoms with Crippen LogP contribution in [0.25, 0.3) is 0 Å². The Kier molecular flexibility index (Phi) is 3.77. The van der Waals surface area contributed by atoms with Gasteiger partial charge in [-0.15, -0.1) is 0 Å². The molecule has 0 saturated carbocycles. The fourth-order valence-electron chi connectivity index (χ4n) is 2.78. The summed E-state index contributed by atoms with van der Waals surface area (Å²) in [5.41, 5.74) is 2.27. The predicted octanol–water partition coefficient (Wildman–Crippen LogP) is 2.67. The summed E-state index contributed by atoms with van der Waals surface area (Å²) >= 11 is 0. The smallest absolute Gasteiger partial charge is 0.223 e. The van der Waals surface area contributed by atoms with E-state index in [1.165, 1.54) is 5.56 Å². The molecule has 1 atom stereocenters. The number of hydrogen-bond donors (Lipinski definition) is 0. The lowest BCUT2D eigenvalue weighted by atomic mass is 9.99. The number of likely N-dealkylation sites (tertiary alicyclic amines) is 1. The molecule has 1 saturated heterocycles. The minimum absolute atomic E-state index is 0.247. The molecule has 0 spiro atoms. The largest absolute Gasteiger partial charge is 0.336 e. The molecule has 0 unspecified atom stereocenters. The second-order valence-corrected chi connectivity index (χ2v) is 5.36. The van der Waals surface area contributed by atoms with E-state index in [4.69, 9.17) is 0 Å². The predicted molar refractivity (Wildman–Crippen MR) is 77.9 cm³/mol. The maximum atomic E-state index is 12.1. The lowest BCUT2D eigenvalue weighted by Gasteiger charge is -2.16. The first kappa shape index (κ1) is 12.9. The summed E-state index contributed by atoms with van der Waals surface area (Å²) in [6, 6.07) is 16.2. The second kappa shape index (κ2) is 5.87. The van der Waals surface area contributed by atoms with Gasteiger partial charge in [-0.3, -0.25) is 9.78 Å². The van der Waals surface area contributed by atoms with Gasteiger partial charge in [0.25, 0.3) is 0 Å². The van der Waals surface area contributed by atoms with Gasteiger partial charge in [0.05, 0.1) is 12.2 Å². The number of carbonyl (C=O) groups is 1. The fourth-order valence-corrected chi connectivity index (χ4v) is 2.78. The van der Waals surface area contributed by atoms with Crippen LogP contribution in [0, 0.1) is 5.92 Å². The van der Waals surface area contributed by atoms with Gasteiger partial charge in [-0.25, -0.2) is 0 Å². The summed E-state index contributed by atoms with van der Waals surface area (Å²) in [7, 11) is 0. The summed E-state index contributed by atoms with van der Waals surface area (Å²) in [5.74, 6) is 0.671. The minimum atomic E-state index is 0.247. The van der Waals surface area contributed by atoms with E-state index in [9.17, 15) is 4.79 Å². The van der Waals surface area contributed by atoms with E-state index >= 15 is 0 Å². The monoisotopic (exact) mass is 266 g/mol. The molecule has 1 amide bonds. The molecule has 2 aromatic rings. The molecule has 0 aliphatic carbocycles. The van der Waals surface area contributed by atoms with Gasteiger partial charge >= 0.3 is 0 Å². The molecule has 3 heteroatoms. The molecule has 0 N–H and O–H groups in total. The molecule has 102 valence electrons. The Labute approximate surface area is 119 Å². The van der Waals surface area contributed by atoms with Gasteiger partial charge in [-0.05, 0) is 30.0 Å². The van der Waals surface area contributed by atoms with E-state index in [-0.39, 0.29) is 5.91 Å². The van der Waals surface area contributed by atoms with Crippen molar-refractivity contribution in [3.63, 3.8) is 0 Å². The molecule has 3 nitrogen and oxygen atoms in total. The highest BCUT2D eigenvalue weighted by Crippen LogP contribution is 2.23. The highest BCUT2D eigenvalue weighted by Gasteiger charge is 2.29. The summed E-state index contributed by atoms with van der Waals surface area (Å²) in [5, 5.41) is 0. The van der Waals surface area contributed by atoms with E-state index in [1.54, 1.807) is 6.20 Å². The Bertz CT molecular complexity index is 568. The quantitative estimate of drug-likeness (QED) is 0.852. The summed E-state index contributed by atoms with van der Waals surface area (Å²) in [6.07, 6.45) is 3.41. The van der Waals surface area contributed by atoms with Gasteiger partial charge in [0.15, 0.2) is 0 Å². The van der Waals surface area contributed by atoms with Crippen LogP contribution in [0.15, 0.2) is 54.7 Å². The van der Waals surface area contributed by atoms with Crippen molar-refractivity contribution >= 4 is 5.91 Å². The number of aromatic nitrogens is 1. The van der Waals surface area contributed by atoms with Crippen LogP contribution in [-0.4, -0.2) is 22.3 Å². The Morgan fingerprint density at radius 3 is 2.65 bits per heavy atom. The van der Waals surface area contributed by atoms with Crippen molar-refractivity contribution < 1.29 is 4.79 Å². The van der Waals surface area contributed by atoms with Crippen LogP contribution in [0.5, 0.6) is 0 Å². The van der Waals surface area contributed by atoms with Crippen molar-refractivity contribution in [3.8, 4) is 0 Å². The average molecular weight is 266 g/mol. The van der Waals surface area contributed by atoms with Crippen LogP contribution >= 0.6 is 0 Å². The lowest BCUT2D eigenvalue weighted by Crippen LogP contribution is -2.25. The zero-order valence-corrected chi connectivity index (χ0v) is 11.4. The zero-order valence-electron chi connectivity index (χ0n) is 11.4. The van der Waals surface area contributed by atoms with Crippen LogP contribution < -0.4 is 0 Å². The highest BCUT2D eigenvalue weighted by molar-refractivity contribution is 5.78. The molecular weight excluding hydrogens is 248 g/mol. The van der Waals surface area contributed by atoms with Gasteiger partial charge in [0.1, 0.15) is 0 Å². The van der Waals surface area contributed by atoms with Gasteiger partial charge in [-0.1, -0.05) is 36.4 Å². The third-order valence-electron chi connectivity index (χ3n) is 3.74. The molecule has 1 fully saturated rings. The fraction of sp³-hybridized carbons (Fsp3) is 0.294. The number of rotatable bonds is 4. The zero-order chi connectivity index (χ0) is 13.8. The minimum Gasteiger partial charge on any atom is -0.336 e. The van der Waals surface area contributed by atoms with Crippen LogP contribution in [0.4, 0.5) is 0 Å². The van der Waals surface area contributed by atoms with Crippen LogP contribution in [0.1, 0.15) is 17.7 Å². The maximum absolute atomic E-state index is 12.1. The topological polar surface area (TPSA) is 33.2 Å². The number of hydrogen-bond acceptors (Lipinski definition) is 2. The van der Waals surface area contributed by atoms with Crippen LogP contribution in [0.2, 0.25) is 0 Å². The number of benzene rings is 1. The van der Waals surface area contributed by atoms with Gasteiger partial charge in [-0.2, -0.15) is 0 Å². The van der Waals surface area contributed by atoms with Crippen molar-refractivity contribution in [1.29, 1.82) is 0 Å². The maximum Gasteiger partial charge on any atom is 0.223 e. The first-order valence-electron chi connectivity index (χ1n) is 7.03. The normalized spacial score (nSPS) is 18.5. The van der Waals surface area contributed by atoms with Crippen LogP contribution in [0.3, 0.4) is 0 Å². The molecule has 1 aromatic heterocycles. The Morgan fingerprint density at radius 2 is 1.90 bits per heavy atom. The first-order valence-corrected chi connectivity index (χ1v) is 7.03. The van der Waals surface area contributed by atoms with Gasteiger partial charge in [0.2, 0.25) is 5.91 Å².